The Balaban J connectivity index is 1.69. The molecule has 3 heterocycles. The second-order valence-electron chi connectivity index (χ2n) is 5.99. The van der Waals surface area contributed by atoms with Crippen molar-refractivity contribution >= 4 is 63.3 Å². The molecule has 3 rings (SSSR count). The van der Waals surface area contributed by atoms with Gasteiger partial charge in [0, 0.05) is 27.9 Å². The first kappa shape index (κ1) is 19.6. The van der Waals surface area contributed by atoms with Crippen LogP contribution < -0.4 is 0 Å². The van der Waals surface area contributed by atoms with Crippen molar-refractivity contribution in [1.29, 1.82) is 0 Å². The van der Waals surface area contributed by atoms with Crippen LogP contribution in [-0.2, 0) is 25.5 Å². The number of esters is 1. The Hall–Kier alpha value is -1.13. The number of thioether (sulfide) groups is 1. The summed E-state index contributed by atoms with van der Waals surface area (Å²) in [4.78, 5) is 39.9. The lowest BCUT2D eigenvalue weighted by Crippen LogP contribution is -2.62. The van der Waals surface area contributed by atoms with Crippen molar-refractivity contribution in [3.8, 4) is 0 Å². The van der Waals surface area contributed by atoms with Gasteiger partial charge in [0.2, 0.25) is 5.91 Å². The van der Waals surface area contributed by atoms with E-state index in [2.05, 4.69) is 29.2 Å². The van der Waals surface area contributed by atoms with E-state index in [0.717, 1.165) is 10.5 Å². The number of hydrogen-bond donors (Lipinski definition) is 0. The third-order valence-electron chi connectivity index (χ3n) is 4.24. The maximum absolute atomic E-state index is 12.7. The molecule has 8 heteroatoms. The normalized spacial score (nSPS) is 21.9. The number of nitrogens with zero attached hydrogens (tertiary/aromatic N) is 1. The number of carbonyl (C=O) groups is 3. The Labute approximate surface area is 174 Å². The SMILES string of the molecule is C=CCOC(=O)C1=C(CI)CSC2C(CC(=O)Cc3cccs3)C(=O)N12. The number of carbonyl (C=O) groups excluding carboxylic acids is 3. The van der Waals surface area contributed by atoms with Crippen molar-refractivity contribution in [2.24, 2.45) is 5.92 Å². The maximum Gasteiger partial charge on any atom is 0.355 e. The fourth-order valence-corrected chi connectivity index (χ4v) is 6.18. The van der Waals surface area contributed by atoms with Gasteiger partial charge in [-0.05, 0) is 17.0 Å². The Bertz CT molecular complexity index is 759. The molecular weight excluding hydrogens is 485 g/mol. The summed E-state index contributed by atoms with van der Waals surface area (Å²) in [6.45, 7) is 3.65. The van der Waals surface area contributed by atoms with Crippen molar-refractivity contribution in [1.82, 2.24) is 4.90 Å². The topological polar surface area (TPSA) is 63.7 Å². The number of amides is 1. The highest BCUT2D eigenvalue weighted by molar-refractivity contribution is 14.1. The largest absolute Gasteiger partial charge is 0.457 e. The molecular formula is C18H18INO4S2. The molecule has 0 aliphatic carbocycles. The van der Waals surface area contributed by atoms with Crippen molar-refractivity contribution in [3.05, 3.63) is 46.3 Å². The van der Waals surface area contributed by atoms with Gasteiger partial charge in [-0.15, -0.1) is 23.1 Å². The lowest BCUT2D eigenvalue weighted by Gasteiger charge is -2.49. The molecule has 1 amide bonds. The van der Waals surface area contributed by atoms with Gasteiger partial charge < -0.3 is 4.74 Å². The molecule has 1 saturated heterocycles. The van der Waals surface area contributed by atoms with Crippen LogP contribution in [0.1, 0.15) is 11.3 Å². The van der Waals surface area contributed by atoms with E-state index >= 15 is 0 Å². The van der Waals surface area contributed by atoms with E-state index in [9.17, 15) is 14.4 Å². The van der Waals surface area contributed by atoms with Crippen LogP contribution >= 0.6 is 45.7 Å². The molecule has 1 fully saturated rings. The molecule has 1 aromatic rings. The number of alkyl halides is 1. The number of fused-ring (bicyclic) bond motifs is 1. The summed E-state index contributed by atoms with van der Waals surface area (Å²) in [5.74, 6) is -0.268. The predicted molar refractivity (Wildman–Crippen MR) is 111 cm³/mol. The van der Waals surface area contributed by atoms with E-state index < -0.39 is 5.97 Å². The molecule has 26 heavy (non-hydrogen) atoms. The smallest absolute Gasteiger partial charge is 0.355 e. The predicted octanol–water partition coefficient (Wildman–Crippen LogP) is 3.20. The highest BCUT2D eigenvalue weighted by atomic mass is 127. The Morgan fingerprint density at radius 3 is 2.92 bits per heavy atom. The maximum atomic E-state index is 12.7. The van der Waals surface area contributed by atoms with Gasteiger partial charge in [-0.25, -0.2) is 4.79 Å². The quantitative estimate of drug-likeness (QED) is 0.179. The van der Waals surface area contributed by atoms with E-state index in [1.165, 1.54) is 11.0 Å². The minimum atomic E-state index is -0.487. The van der Waals surface area contributed by atoms with Gasteiger partial charge in [-0.1, -0.05) is 41.3 Å². The molecule has 0 spiro atoms. The summed E-state index contributed by atoms with van der Waals surface area (Å²) in [6, 6.07) is 3.84. The van der Waals surface area contributed by atoms with Gasteiger partial charge in [0.1, 0.15) is 18.1 Å². The molecule has 0 saturated carbocycles. The zero-order valence-electron chi connectivity index (χ0n) is 14.0. The monoisotopic (exact) mass is 503 g/mol. The molecule has 2 unspecified atom stereocenters. The summed E-state index contributed by atoms with van der Waals surface area (Å²) in [5, 5.41) is 1.78. The van der Waals surface area contributed by atoms with Gasteiger partial charge >= 0.3 is 5.97 Å². The average Bonchev–Trinajstić information content (AvgIpc) is 3.15. The highest BCUT2D eigenvalue weighted by Crippen LogP contribution is 2.45. The first-order chi connectivity index (χ1) is 12.6. The van der Waals surface area contributed by atoms with Crippen molar-refractivity contribution < 1.29 is 19.1 Å². The van der Waals surface area contributed by atoms with E-state index in [0.29, 0.717) is 22.3 Å². The standard InChI is InChI=1S/C18H18INO4S2/c1-2-5-24-18(23)15-11(9-19)10-26-17-14(16(22)20(15)17)8-12(21)7-13-4-3-6-25-13/h2-4,6,14,17H,1,5,7-10H2. The Kier molecular flexibility index (Phi) is 6.57. The second-order valence-corrected chi connectivity index (χ2v) is 8.89. The minimum absolute atomic E-state index is 0.0606. The van der Waals surface area contributed by atoms with Crippen LogP contribution in [0.25, 0.3) is 0 Å². The molecule has 0 bridgehead atoms. The number of hydrogen-bond acceptors (Lipinski definition) is 6. The van der Waals surface area contributed by atoms with E-state index in [4.69, 9.17) is 4.74 Å². The van der Waals surface area contributed by atoms with Crippen LogP contribution in [0.3, 0.4) is 0 Å². The number of ketones is 1. The second kappa shape index (κ2) is 8.71. The summed E-state index contributed by atoms with van der Waals surface area (Å²) < 4.78 is 5.82. The summed E-state index contributed by atoms with van der Waals surface area (Å²) in [5.41, 5.74) is 1.26. The molecule has 0 radical (unpaired) electrons. The van der Waals surface area contributed by atoms with Gasteiger partial charge in [0.05, 0.1) is 11.3 Å². The Morgan fingerprint density at radius 1 is 1.46 bits per heavy atom. The molecule has 5 nitrogen and oxygen atoms in total. The summed E-state index contributed by atoms with van der Waals surface area (Å²) in [6.07, 6.45) is 2.09. The zero-order valence-corrected chi connectivity index (χ0v) is 17.8. The van der Waals surface area contributed by atoms with Crippen LogP contribution in [0.5, 0.6) is 0 Å². The summed E-state index contributed by atoms with van der Waals surface area (Å²) >= 11 is 5.35. The van der Waals surface area contributed by atoms with Crippen molar-refractivity contribution in [3.63, 3.8) is 0 Å². The first-order valence-corrected chi connectivity index (χ1v) is 11.6. The fourth-order valence-electron chi connectivity index (χ4n) is 3.04. The molecule has 2 atom stereocenters. The number of ether oxygens (including phenoxy) is 1. The Morgan fingerprint density at radius 2 is 2.27 bits per heavy atom. The lowest BCUT2D eigenvalue weighted by atomic mass is 9.90. The minimum Gasteiger partial charge on any atom is -0.457 e. The zero-order chi connectivity index (χ0) is 18.7. The molecule has 2 aliphatic rings. The number of β-lactam (4-membered cyclic amide) rings is 1. The number of halogens is 1. The summed E-state index contributed by atoms with van der Waals surface area (Å²) in [7, 11) is 0. The molecule has 0 N–H and O–H groups in total. The molecule has 2 aliphatic heterocycles. The molecule has 1 aromatic heterocycles. The van der Waals surface area contributed by atoms with Crippen LogP contribution in [0.2, 0.25) is 0 Å². The van der Waals surface area contributed by atoms with Gasteiger partial charge in [-0.3, -0.25) is 14.5 Å². The average molecular weight is 503 g/mol. The fraction of sp³-hybridized carbons (Fsp3) is 0.389. The molecule has 0 aromatic carbocycles. The van der Waals surface area contributed by atoms with Crippen LogP contribution in [0.15, 0.2) is 41.4 Å². The van der Waals surface area contributed by atoms with Crippen LogP contribution in [-0.4, -0.2) is 44.7 Å². The number of Topliss-reactive ketones (excluding diaryl/α,β-unsaturated/α-hetero) is 1. The van der Waals surface area contributed by atoms with Crippen LogP contribution in [0.4, 0.5) is 0 Å². The van der Waals surface area contributed by atoms with Crippen molar-refractivity contribution in [2.45, 2.75) is 18.2 Å². The van der Waals surface area contributed by atoms with E-state index in [-0.39, 0.29) is 36.0 Å². The third kappa shape index (κ3) is 3.91. The molecule has 138 valence electrons. The van der Waals surface area contributed by atoms with Gasteiger partial charge in [0.25, 0.3) is 0 Å². The lowest BCUT2D eigenvalue weighted by molar-refractivity contribution is -0.155. The van der Waals surface area contributed by atoms with Crippen LogP contribution in [0, 0.1) is 5.92 Å². The third-order valence-corrected chi connectivity index (χ3v) is 7.44. The first-order valence-electron chi connectivity index (χ1n) is 8.11. The number of rotatable bonds is 8. The van der Waals surface area contributed by atoms with Gasteiger partial charge in [-0.2, -0.15) is 0 Å². The van der Waals surface area contributed by atoms with Crippen molar-refractivity contribution in [2.75, 3.05) is 16.8 Å². The van der Waals surface area contributed by atoms with E-state index in [1.54, 1.807) is 23.1 Å². The number of thiophene rings is 1. The van der Waals surface area contributed by atoms with E-state index in [1.807, 2.05) is 17.5 Å². The highest BCUT2D eigenvalue weighted by Gasteiger charge is 2.53. The van der Waals surface area contributed by atoms with Gasteiger partial charge in [0.15, 0.2) is 0 Å².